The van der Waals surface area contributed by atoms with Gasteiger partial charge in [0.1, 0.15) is 29.7 Å². The highest BCUT2D eigenvalue weighted by Gasteiger charge is 2.67. The van der Waals surface area contributed by atoms with Crippen LogP contribution in [0.15, 0.2) is 42.5 Å². The Balaban J connectivity index is 1.66. The monoisotopic (exact) mass is 436 g/mol. The van der Waals surface area contributed by atoms with E-state index in [0.717, 1.165) is 16.9 Å². The summed E-state index contributed by atoms with van der Waals surface area (Å²) in [5.74, 6) is -0.925. The van der Waals surface area contributed by atoms with Crippen LogP contribution >= 0.6 is 11.6 Å². The Hall–Kier alpha value is -1.71. The Kier molecular flexibility index (Phi) is 5.80. The van der Waals surface area contributed by atoms with Crippen molar-refractivity contribution in [3.63, 3.8) is 0 Å². The fourth-order valence-electron chi connectivity index (χ4n) is 4.09. The van der Waals surface area contributed by atoms with Crippen LogP contribution in [0.5, 0.6) is 5.75 Å². The van der Waals surface area contributed by atoms with Crippen LogP contribution in [0, 0.1) is 0 Å². The molecule has 2 aromatic rings. The quantitative estimate of drug-likeness (QED) is 0.541. The minimum absolute atomic E-state index is 0.171. The summed E-state index contributed by atoms with van der Waals surface area (Å²) in [4.78, 5) is 0. The largest absolute Gasteiger partial charge is 0.494 e. The first kappa shape index (κ1) is 21.5. The Morgan fingerprint density at radius 1 is 1.10 bits per heavy atom. The second-order valence-corrected chi connectivity index (χ2v) is 8.13. The number of fused-ring (bicyclic) bond motifs is 2. The third-order valence-corrected chi connectivity index (χ3v) is 6.17. The lowest BCUT2D eigenvalue weighted by Crippen LogP contribution is -2.65. The van der Waals surface area contributed by atoms with E-state index < -0.39 is 36.3 Å². The molecule has 7 nitrogen and oxygen atoms in total. The molecule has 4 rings (SSSR count). The summed E-state index contributed by atoms with van der Waals surface area (Å²) < 4.78 is 17.1. The minimum Gasteiger partial charge on any atom is -0.494 e. The van der Waals surface area contributed by atoms with Crippen molar-refractivity contribution in [2.45, 2.75) is 43.0 Å². The van der Waals surface area contributed by atoms with Gasteiger partial charge in [0.2, 0.25) is 5.79 Å². The number of aliphatic hydroxyl groups excluding tert-OH is 4. The van der Waals surface area contributed by atoms with Gasteiger partial charge in [-0.15, -0.1) is 0 Å². The third kappa shape index (κ3) is 3.40. The van der Waals surface area contributed by atoms with Gasteiger partial charge in [0.25, 0.3) is 0 Å². The van der Waals surface area contributed by atoms with Gasteiger partial charge in [0, 0.05) is 10.6 Å². The van der Waals surface area contributed by atoms with Crippen LogP contribution in [0.4, 0.5) is 0 Å². The molecule has 0 saturated carbocycles. The summed E-state index contributed by atoms with van der Waals surface area (Å²) >= 11 is 6.41. The normalized spacial score (nSPS) is 32.9. The maximum Gasteiger partial charge on any atom is 0.225 e. The summed E-state index contributed by atoms with van der Waals surface area (Å²) in [5.41, 5.74) is 0.719. The Labute approximate surface area is 179 Å². The maximum atomic E-state index is 10.7. The van der Waals surface area contributed by atoms with Gasteiger partial charge in [-0.1, -0.05) is 29.8 Å². The van der Waals surface area contributed by atoms with Crippen LogP contribution < -0.4 is 4.74 Å². The molecule has 2 bridgehead atoms. The number of aliphatic hydroxyl groups is 4. The molecule has 2 heterocycles. The Bertz CT molecular complexity index is 905. The van der Waals surface area contributed by atoms with Crippen LogP contribution in [0.1, 0.15) is 23.6 Å². The lowest BCUT2D eigenvalue weighted by Gasteiger charge is -2.46. The molecule has 0 amide bonds. The average Bonchev–Trinajstić information content (AvgIpc) is 3.14. The van der Waals surface area contributed by atoms with Gasteiger partial charge in [-0.3, -0.25) is 0 Å². The summed E-state index contributed by atoms with van der Waals surface area (Å²) in [6, 6.07) is 12.7. The van der Waals surface area contributed by atoms with Crippen molar-refractivity contribution in [3.8, 4) is 5.75 Å². The average molecular weight is 437 g/mol. The molecule has 5 atom stereocenters. The lowest BCUT2D eigenvalue weighted by molar-refractivity contribution is -0.329. The van der Waals surface area contributed by atoms with Crippen LogP contribution in [-0.2, 0) is 21.7 Å². The summed E-state index contributed by atoms with van der Waals surface area (Å²) in [7, 11) is 0. The zero-order valence-corrected chi connectivity index (χ0v) is 17.2. The van der Waals surface area contributed by atoms with E-state index in [9.17, 15) is 20.4 Å². The second kappa shape index (κ2) is 8.09. The van der Waals surface area contributed by atoms with Crippen LogP contribution in [0.2, 0.25) is 5.02 Å². The topological polar surface area (TPSA) is 109 Å². The van der Waals surface area contributed by atoms with E-state index in [2.05, 4.69) is 0 Å². The molecule has 0 unspecified atom stereocenters. The lowest BCUT2D eigenvalue weighted by atomic mass is 9.83. The summed E-state index contributed by atoms with van der Waals surface area (Å²) in [6.07, 6.45) is -4.06. The first-order chi connectivity index (χ1) is 14.3. The van der Waals surface area contributed by atoms with Gasteiger partial charge >= 0.3 is 0 Å². The molecule has 162 valence electrons. The Morgan fingerprint density at radius 3 is 2.50 bits per heavy atom. The van der Waals surface area contributed by atoms with Crippen molar-refractivity contribution in [1.29, 1.82) is 0 Å². The number of halogens is 1. The predicted octanol–water partition coefficient (Wildman–Crippen LogP) is 1.36. The van der Waals surface area contributed by atoms with Gasteiger partial charge in [-0.05, 0) is 48.7 Å². The van der Waals surface area contributed by atoms with Gasteiger partial charge < -0.3 is 34.6 Å². The van der Waals surface area contributed by atoms with Crippen molar-refractivity contribution in [1.82, 2.24) is 0 Å². The van der Waals surface area contributed by atoms with Crippen molar-refractivity contribution >= 4 is 11.6 Å². The third-order valence-electron chi connectivity index (χ3n) is 5.81. The highest BCUT2D eigenvalue weighted by Crippen LogP contribution is 2.49. The predicted molar refractivity (Wildman–Crippen MR) is 108 cm³/mol. The SMILES string of the molecule is CCOc1ccc(Cc2cc([C@@]34OC[C@](CO)(O3)[C@@H](O)[C@H](O)[C@H]4O)ccc2Cl)cc1. The molecule has 4 N–H and O–H groups in total. The fraction of sp³-hybridized carbons (Fsp3) is 0.455. The highest BCUT2D eigenvalue weighted by atomic mass is 35.5. The zero-order valence-electron chi connectivity index (χ0n) is 16.5. The molecule has 0 spiro atoms. The second-order valence-electron chi connectivity index (χ2n) is 7.72. The first-order valence-electron chi connectivity index (χ1n) is 9.85. The fourth-order valence-corrected chi connectivity index (χ4v) is 4.28. The van der Waals surface area contributed by atoms with E-state index in [1.54, 1.807) is 18.2 Å². The molecule has 8 heteroatoms. The summed E-state index contributed by atoms with van der Waals surface area (Å²) in [6.45, 7) is 1.78. The minimum atomic E-state index is -1.71. The summed E-state index contributed by atoms with van der Waals surface area (Å²) in [5, 5.41) is 41.7. The van der Waals surface area contributed by atoms with Crippen molar-refractivity contribution in [2.24, 2.45) is 0 Å². The van der Waals surface area contributed by atoms with E-state index in [0.29, 0.717) is 23.6 Å². The molecule has 0 aromatic heterocycles. The van der Waals surface area contributed by atoms with Gasteiger partial charge in [0.15, 0.2) is 0 Å². The number of hydrogen-bond donors (Lipinski definition) is 4. The standard InChI is InChI=1S/C22H25ClO7/c1-2-28-16-6-3-13(4-7-16)9-14-10-15(5-8-17(14)23)22-20(27)18(25)19(26)21(11-24,30-22)12-29-22/h3-8,10,18-20,24-27H,2,9,11-12H2,1H3/t18-,19-,20+,21-,22+/m0/s1. The van der Waals surface area contributed by atoms with Gasteiger partial charge in [-0.25, -0.2) is 0 Å². The number of ether oxygens (including phenoxy) is 3. The van der Waals surface area contributed by atoms with Crippen molar-refractivity contribution in [2.75, 3.05) is 19.8 Å². The van der Waals surface area contributed by atoms with E-state index in [4.69, 9.17) is 25.8 Å². The van der Waals surface area contributed by atoms with E-state index in [1.807, 2.05) is 31.2 Å². The molecular formula is C22H25ClO7. The molecule has 0 radical (unpaired) electrons. The van der Waals surface area contributed by atoms with Crippen LogP contribution in [0.25, 0.3) is 0 Å². The molecule has 2 saturated heterocycles. The number of benzene rings is 2. The van der Waals surface area contributed by atoms with Crippen molar-refractivity contribution < 1.29 is 34.6 Å². The molecule has 2 aliphatic rings. The van der Waals surface area contributed by atoms with E-state index in [1.165, 1.54) is 0 Å². The smallest absolute Gasteiger partial charge is 0.225 e. The van der Waals surface area contributed by atoms with Crippen molar-refractivity contribution in [3.05, 3.63) is 64.2 Å². The molecule has 2 fully saturated rings. The molecule has 2 aliphatic heterocycles. The van der Waals surface area contributed by atoms with E-state index >= 15 is 0 Å². The van der Waals surface area contributed by atoms with Gasteiger partial charge in [0.05, 0.1) is 19.8 Å². The first-order valence-corrected chi connectivity index (χ1v) is 10.2. The molecular weight excluding hydrogens is 412 g/mol. The Morgan fingerprint density at radius 2 is 1.83 bits per heavy atom. The van der Waals surface area contributed by atoms with E-state index in [-0.39, 0.29) is 6.61 Å². The maximum absolute atomic E-state index is 10.7. The number of hydrogen-bond acceptors (Lipinski definition) is 7. The molecule has 2 aromatic carbocycles. The molecule has 0 aliphatic carbocycles. The molecule has 30 heavy (non-hydrogen) atoms. The number of rotatable bonds is 6. The van der Waals surface area contributed by atoms with Crippen LogP contribution in [0.3, 0.4) is 0 Å². The van der Waals surface area contributed by atoms with Gasteiger partial charge in [-0.2, -0.15) is 0 Å². The zero-order chi connectivity index (χ0) is 21.5. The van der Waals surface area contributed by atoms with Crippen LogP contribution in [-0.4, -0.2) is 64.2 Å². The highest BCUT2D eigenvalue weighted by molar-refractivity contribution is 6.31.